The Labute approximate surface area is 132 Å². The topological polar surface area (TPSA) is 101 Å². The first-order valence-electron chi connectivity index (χ1n) is 6.42. The third-order valence-corrected chi connectivity index (χ3v) is 4.51. The molecule has 0 aliphatic carbocycles. The van der Waals surface area contributed by atoms with Crippen LogP contribution < -0.4 is 5.73 Å². The van der Waals surface area contributed by atoms with Crippen molar-refractivity contribution in [3.63, 3.8) is 0 Å². The van der Waals surface area contributed by atoms with Crippen molar-refractivity contribution >= 4 is 23.4 Å². The van der Waals surface area contributed by atoms with E-state index in [0.717, 1.165) is 0 Å². The van der Waals surface area contributed by atoms with Gasteiger partial charge in [0.2, 0.25) is 0 Å². The Bertz CT molecular complexity index is 540. The summed E-state index contributed by atoms with van der Waals surface area (Å²) in [6, 6.07) is 3.61. The summed E-state index contributed by atoms with van der Waals surface area (Å²) in [5.74, 6) is 0. The lowest BCUT2D eigenvalue weighted by molar-refractivity contribution is -0.195. The Morgan fingerprint density at radius 3 is 3.05 bits per heavy atom. The lowest BCUT2D eigenvalue weighted by Gasteiger charge is -2.37. The van der Waals surface area contributed by atoms with Crippen LogP contribution in [-0.2, 0) is 9.47 Å². The maximum atomic E-state index is 10.0. The molecule has 6 nitrogen and oxygen atoms in total. The van der Waals surface area contributed by atoms with E-state index in [2.05, 4.69) is 4.98 Å². The van der Waals surface area contributed by atoms with Crippen molar-refractivity contribution in [1.29, 1.82) is 5.26 Å². The summed E-state index contributed by atoms with van der Waals surface area (Å²) in [5, 5.41) is 19.5. The maximum absolute atomic E-state index is 10.0. The highest BCUT2D eigenvalue weighted by Gasteiger charge is 2.34. The molecule has 114 valence electrons. The molecule has 0 amide bonds. The Balaban J connectivity index is 2.14. The minimum absolute atomic E-state index is 0.0222. The minimum Gasteiger partial charge on any atom is -0.388 e. The first-order chi connectivity index (χ1) is 10.0. The fourth-order valence-electron chi connectivity index (χ4n) is 1.72. The average molecular weight is 330 g/mol. The number of hydrogen-bond donors (Lipinski definition) is 2. The van der Waals surface area contributed by atoms with Gasteiger partial charge in [0.1, 0.15) is 23.7 Å². The van der Waals surface area contributed by atoms with Crippen molar-refractivity contribution < 1.29 is 14.6 Å². The van der Waals surface area contributed by atoms with Crippen LogP contribution in [0, 0.1) is 11.3 Å². The molecule has 8 heteroatoms. The van der Waals surface area contributed by atoms with E-state index in [1.165, 1.54) is 18.0 Å². The molecule has 0 bridgehead atoms. The number of aliphatic hydroxyl groups excluding tert-OH is 1. The van der Waals surface area contributed by atoms with Crippen LogP contribution in [0.25, 0.3) is 0 Å². The van der Waals surface area contributed by atoms with Crippen LogP contribution in [0.5, 0.6) is 0 Å². The largest absolute Gasteiger partial charge is 0.388 e. The number of nitrogens with zero attached hydrogens (tertiary/aromatic N) is 2. The Morgan fingerprint density at radius 1 is 1.76 bits per heavy atom. The van der Waals surface area contributed by atoms with Gasteiger partial charge >= 0.3 is 0 Å². The molecule has 0 spiro atoms. The third-order valence-electron chi connectivity index (χ3n) is 3.08. The number of pyridine rings is 1. The van der Waals surface area contributed by atoms with E-state index in [1.807, 2.05) is 13.0 Å². The summed E-state index contributed by atoms with van der Waals surface area (Å²) in [6.45, 7) is 2.43. The van der Waals surface area contributed by atoms with E-state index in [9.17, 15) is 5.11 Å². The highest BCUT2D eigenvalue weighted by atomic mass is 35.5. The first kappa shape index (κ1) is 16.5. The molecule has 0 aromatic carbocycles. The molecule has 0 saturated carbocycles. The molecular formula is C13H16ClN3O3S. The molecule has 4 atom stereocenters. The van der Waals surface area contributed by atoms with E-state index < -0.39 is 11.5 Å². The van der Waals surface area contributed by atoms with Crippen molar-refractivity contribution in [3.8, 4) is 6.07 Å². The molecule has 0 radical (unpaired) electrons. The van der Waals surface area contributed by atoms with Crippen LogP contribution in [0.2, 0.25) is 5.02 Å². The fraction of sp³-hybridized carbons (Fsp3) is 0.538. The van der Waals surface area contributed by atoms with Crippen molar-refractivity contribution in [2.45, 2.75) is 35.6 Å². The number of nitrogens with two attached hydrogens (primary N) is 1. The van der Waals surface area contributed by atoms with E-state index in [4.69, 9.17) is 32.1 Å². The summed E-state index contributed by atoms with van der Waals surface area (Å²) in [4.78, 5) is 4.51. The van der Waals surface area contributed by atoms with Gasteiger partial charge in [-0.15, -0.1) is 0 Å². The fourth-order valence-corrected chi connectivity index (χ4v) is 3.06. The standard InChI is InChI=1S/C13H16ClN3O3S/c1-7-11(6-19-7)20-13(10(18)4-16)21-12-2-8(14)5-17-9(12)3-15/h2,5,7,10-11,13,18H,4,6,16H2,1H3/t7?,10-,11?,13?/m0/s1. The highest BCUT2D eigenvalue weighted by Crippen LogP contribution is 2.32. The number of thioether (sulfide) groups is 1. The quantitative estimate of drug-likeness (QED) is 0.596. The van der Waals surface area contributed by atoms with Gasteiger partial charge in [-0.2, -0.15) is 5.26 Å². The summed E-state index contributed by atoms with van der Waals surface area (Å²) in [6.07, 6.45) is 0.419. The second kappa shape index (κ2) is 7.40. The molecule has 1 aromatic heterocycles. The van der Waals surface area contributed by atoms with Gasteiger partial charge in [-0.1, -0.05) is 23.4 Å². The van der Waals surface area contributed by atoms with Gasteiger partial charge in [0, 0.05) is 17.6 Å². The third kappa shape index (κ3) is 4.07. The lowest BCUT2D eigenvalue weighted by Crippen LogP contribution is -2.48. The summed E-state index contributed by atoms with van der Waals surface area (Å²) >= 11 is 7.09. The van der Waals surface area contributed by atoms with E-state index in [1.54, 1.807) is 6.07 Å². The zero-order valence-electron chi connectivity index (χ0n) is 11.4. The predicted molar refractivity (Wildman–Crippen MR) is 79.0 cm³/mol. The number of aliphatic hydroxyl groups is 1. The molecular weight excluding hydrogens is 314 g/mol. The van der Waals surface area contributed by atoms with Crippen molar-refractivity contribution in [2.24, 2.45) is 5.73 Å². The molecule has 1 fully saturated rings. The predicted octanol–water partition coefficient (Wildman–Crippen LogP) is 1.15. The van der Waals surface area contributed by atoms with E-state index in [0.29, 0.717) is 16.5 Å². The molecule has 1 saturated heterocycles. The molecule has 1 aliphatic rings. The molecule has 3 unspecified atom stereocenters. The second-order valence-electron chi connectivity index (χ2n) is 4.61. The maximum Gasteiger partial charge on any atom is 0.154 e. The van der Waals surface area contributed by atoms with Gasteiger partial charge in [-0.3, -0.25) is 0 Å². The smallest absolute Gasteiger partial charge is 0.154 e. The van der Waals surface area contributed by atoms with Crippen LogP contribution in [0.1, 0.15) is 12.6 Å². The van der Waals surface area contributed by atoms with Crippen LogP contribution in [0.3, 0.4) is 0 Å². The van der Waals surface area contributed by atoms with Gasteiger partial charge in [-0.25, -0.2) is 4.98 Å². The van der Waals surface area contributed by atoms with Gasteiger partial charge < -0.3 is 20.3 Å². The van der Waals surface area contributed by atoms with Crippen LogP contribution in [0.4, 0.5) is 0 Å². The van der Waals surface area contributed by atoms with Crippen molar-refractivity contribution in [1.82, 2.24) is 4.98 Å². The lowest BCUT2D eigenvalue weighted by atomic mass is 10.1. The first-order valence-corrected chi connectivity index (χ1v) is 7.68. The zero-order chi connectivity index (χ0) is 15.4. The van der Waals surface area contributed by atoms with Crippen LogP contribution in [-0.4, -0.2) is 47.0 Å². The minimum atomic E-state index is -0.867. The SMILES string of the molecule is CC1OCC1OC(Sc1cc(Cl)cnc1C#N)[C@@H](O)CN. The number of aromatic nitrogens is 1. The highest BCUT2D eigenvalue weighted by molar-refractivity contribution is 7.99. The number of rotatable bonds is 6. The normalized spacial score (nSPS) is 24.0. The number of ether oxygens (including phenoxy) is 2. The van der Waals surface area contributed by atoms with Crippen molar-refractivity contribution in [3.05, 3.63) is 23.0 Å². The zero-order valence-corrected chi connectivity index (χ0v) is 13.0. The van der Waals surface area contributed by atoms with Gasteiger partial charge in [-0.05, 0) is 13.0 Å². The molecule has 2 rings (SSSR count). The Hall–Kier alpha value is -0.880. The van der Waals surface area contributed by atoms with Crippen molar-refractivity contribution in [2.75, 3.05) is 13.2 Å². The van der Waals surface area contributed by atoms with E-state index >= 15 is 0 Å². The Kier molecular flexibility index (Phi) is 5.81. The number of halogens is 1. The molecule has 1 aliphatic heterocycles. The number of nitriles is 1. The second-order valence-corrected chi connectivity index (χ2v) is 6.19. The molecule has 21 heavy (non-hydrogen) atoms. The molecule has 3 N–H and O–H groups in total. The van der Waals surface area contributed by atoms with Gasteiger partial charge in [0.15, 0.2) is 5.69 Å². The number of hydrogen-bond acceptors (Lipinski definition) is 7. The van der Waals surface area contributed by atoms with E-state index in [-0.39, 0.29) is 24.4 Å². The summed E-state index contributed by atoms with van der Waals surface area (Å²) < 4.78 is 11.1. The summed E-state index contributed by atoms with van der Waals surface area (Å²) in [5.41, 5.74) is 5.14. The average Bonchev–Trinajstić information content (AvgIpc) is 2.49. The summed E-state index contributed by atoms with van der Waals surface area (Å²) in [7, 11) is 0. The van der Waals surface area contributed by atoms with Crippen LogP contribution >= 0.6 is 23.4 Å². The van der Waals surface area contributed by atoms with Gasteiger partial charge in [0.05, 0.1) is 17.7 Å². The van der Waals surface area contributed by atoms with Crippen LogP contribution in [0.15, 0.2) is 17.2 Å². The monoisotopic (exact) mass is 329 g/mol. The molecule has 1 aromatic rings. The molecule has 2 heterocycles. The Morgan fingerprint density at radius 2 is 2.52 bits per heavy atom. The van der Waals surface area contributed by atoms with Gasteiger partial charge in [0.25, 0.3) is 0 Å².